The normalized spacial score (nSPS) is 20.8. The van der Waals surface area contributed by atoms with E-state index in [1.807, 2.05) is 51.8 Å². The number of hydrogen-bond acceptors (Lipinski definition) is 6. The van der Waals surface area contributed by atoms with Gasteiger partial charge in [-0.2, -0.15) is 15.3 Å². The van der Waals surface area contributed by atoms with Gasteiger partial charge in [0.15, 0.2) is 5.82 Å². The maximum Gasteiger partial charge on any atom is 0.156 e. The number of aryl methyl sites for hydroxylation is 1. The molecule has 302 valence electrons. The molecule has 3 aromatic heterocycles. The van der Waals surface area contributed by atoms with Crippen LogP contribution in [-0.2, 0) is 51.6 Å². The smallest absolute Gasteiger partial charge is 0.156 e. The molecule has 0 radical (unpaired) electrons. The molecule has 0 fully saturated rings. The molecule has 6 aromatic rings. The number of fused-ring (bicyclic) bond motifs is 3. The molecule has 0 bridgehead atoms. The molecule has 0 saturated heterocycles. The topological polar surface area (TPSA) is 84.8 Å². The van der Waals surface area contributed by atoms with Gasteiger partial charge >= 0.3 is 0 Å². The van der Waals surface area contributed by atoms with Gasteiger partial charge in [-0.1, -0.05) is 109 Å². The summed E-state index contributed by atoms with van der Waals surface area (Å²) in [6.45, 7) is 16.9. The van der Waals surface area contributed by atoms with Gasteiger partial charge in [0.1, 0.15) is 29.7 Å². The van der Waals surface area contributed by atoms with Crippen molar-refractivity contribution in [3.8, 4) is 0 Å². The van der Waals surface area contributed by atoms with Crippen molar-refractivity contribution >= 4 is 0 Å². The maximum absolute atomic E-state index is 16.6. The number of nitrogens with zero attached hydrogens (tertiary/aromatic N) is 7. The van der Waals surface area contributed by atoms with Crippen molar-refractivity contribution in [2.75, 3.05) is 6.61 Å². The quantitative estimate of drug-likeness (QED) is 0.145. The fourth-order valence-corrected chi connectivity index (χ4v) is 9.03. The Kier molecular flexibility index (Phi) is 9.55. The van der Waals surface area contributed by atoms with E-state index in [2.05, 4.69) is 77.4 Å². The predicted molar refractivity (Wildman–Crippen MR) is 218 cm³/mol. The number of aromatic nitrogens is 7. The molecule has 58 heavy (non-hydrogen) atoms. The van der Waals surface area contributed by atoms with E-state index in [0.717, 1.165) is 52.6 Å². The Hall–Kier alpha value is -5.00. The third-order valence-electron chi connectivity index (χ3n) is 12.3. The molecule has 0 amide bonds. The number of rotatable bonds is 9. The minimum Gasteiger partial charge on any atom is -0.365 e. The average molecular weight is 786 g/mol. The number of hydrogen-bond donors (Lipinski definition) is 0. The second-order valence-corrected chi connectivity index (χ2v) is 18.7. The third-order valence-corrected chi connectivity index (χ3v) is 12.3. The first kappa shape index (κ1) is 38.5. The molecule has 11 heteroatoms. The molecule has 9 nitrogen and oxygen atoms in total. The van der Waals surface area contributed by atoms with Crippen molar-refractivity contribution < 1.29 is 18.3 Å². The van der Waals surface area contributed by atoms with Crippen LogP contribution in [0, 0.1) is 11.6 Å². The molecule has 0 N–H and O–H groups in total. The van der Waals surface area contributed by atoms with Crippen LogP contribution >= 0.6 is 0 Å². The Balaban J connectivity index is 0.968. The van der Waals surface area contributed by atoms with Crippen molar-refractivity contribution in [3.05, 3.63) is 153 Å². The highest BCUT2D eigenvalue weighted by Crippen LogP contribution is 2.41. The fourth-order valence-electron chi connectivity index (χ4n) is 9.03. The second-order valence-electron chi connectivity index (χ2n) is 18.7. The van der Waals surface area contributed by atoms with E-state index in [4.69, 9.17) is 29.8 Å². The molecule has 6 heterocycles. The zero-order valence-corrected chi connectivity index (χ0v) is 34.5. The van der Waals surface area contributed by atoms with Crippen molar-refractivity contribution in [1.82, 2.24) is 34.3 Å². The van der Waals surface area contributed by atoms with Crippen LogP contribution in [-0.4, -0.2) is 47.0 Å². The maximum atomic E-state index is 16.6. The molecule has 4 unspecified atom stereocenters. The lowest BCUT2D eigenvalue weighted by Crippen LogP contribution is -2.36. The van der Waals surface area contributed by atoms with Gasteiger partial charge in [-0.25, -0.2) is 18.4 Å². The standard InChI is InChI=1S/C47H53F2N7O2/c1-45(2,3)39-24-38-43(58-31(28-55(38)51-39)27-46(4,5)40-25-37-42(30-13-9-8-10-14-30)57-22-21-54(37)52-40)33-18-17-29(23-35(33)49)26-47(6,7)44-50-41-20-19-36(56(41)53-44)32-15-11-12-16-34(32)48/h8-18,23-25,31,36,42-43H,19-22,26-28H2,1-7H3. The molecule has 3 aliphatic rings. The van der Waals surface area contributed by atoms with Crippen LogP contribution in [0.4, 0.5) is 8.78 Å². The first-order valence-electron chi connectivity index (χ1n) is 20.6. The first-order chi connectivity index (χ1) is 27.6. The number of halogens is 2. The van der Waals surface area contributed by atoms with Crippen molar-refractivity contribution in [3.63, 3.8) is 0 Å². The average Bonchev–Trinajstić information content (AvgIpc) is 3.98. The Morgan fingerprint density at radius 2 is 1.45 bits per heavy atom. The highest BCUT2D eigenvalue weighted by atomic mass is 19.1. The van der Waals surface area contributed by atoms with Gasteiger partial charge in [-0.15, -0.1) is 0 Å². The highest BCUT2D eigenvalue weighted by Gasteiger charge is 2.39. The van der Waals surface area contributed by atoms with Crippen molar-refractivity contribution in [2.24, 2.45) is 0 Å². The molecule has 3 aliphatic heterocycles. The van der Waals surface area contributed by atoms with E-state index < -0.39 is 11.5 Å². The van der Waals surface area contributed by atoms with E-state index >= 15 is 4.39 Å². The molecular formula is C47H53F2N7O2. The summed E-state index contributed by atoms with van der Waals surface area (Å²) in [6, 6.07) is 26.7. The van der Waals surface area contributed by atoms with Crippen LogP contribution in [0.3, 0.4) is 0 Å². The van der Waals surface area contributed by atoms with Crippen LogP contribution in [0.2, 0.25) is 0 Å². The highest BCUT2D eigenvalue weighted by molar-refractivity contribution is 5.36. The van der Waals surface area contributed by atoms with Gasteiger partial charge in [-0.05, 0) is 54.7 Å². The summed E-state index contributed by atoms with van der Waals surface area (Å²) in [6.07, 6.45) is 1.62. The van der Waals surface area contributed by atoms with Gasteiger partial charge in [0.25, 0.3) is 0 Å². The first-order valence-corrected chi connectivity index (χ1v) is 20.6. The summed E-state index contributed by atoms with van der Waals surface area (Å²) in [4.78, 5) is 4.91. The zero-order chi connectivity index (χ0) is 40.6. The lowest BCUT2D eigenvalue weighted by Gasteiger charge is -2.35. The Morgan fingerprint density at radius 1 is 0.724 bits per heavy atom. The Labute approximate surface area is 339 Å². The molecule has 0 saturated carbocycles. The minimum absolute atomic E-state index is 0.170. The summed E-state index contributed by atoms with van der Waals surface area (Å²) >= 11 is 0. The SMILES string of the molecule is CC(C)(C)c1cc2n(n1)CC(CC(C)(C)c1cc3n(n1)CCOC3c1ccccc1)OC2c1ccc(CC(C)(C)c2nc3n(n2)C(c2ccccc2F)CC3)cc1F. The third kappa shape index (κ3) is 7.10. The van der Waals surface area contributed by atoms with Crippen molar-refractivity contribution in [1.29, 1.82) is 0 Å². The molecule has 0 aliphatic carbocycles. The lowest BCUT2D eigenvalue weighted by atomic mass is 9.82. The Morgan fingerprint density at radius 3 is 2.21 bits per heavy atom. The van der Waals surface area contributed by atoms with E-state index in [1.54, 1.807) is 12.1 Å². The largest absolute Gasteiger partial charge is 0.365 e. The van der Waals surface area contributed by atoms with Gasteiger partial charge in [0, 0.05) is 33.8 Å². The molecule has 0 spiro atoms. The zero-order valence-electron chi connectivity index (χ0n) is 34.5. The van der Waals surface area contributed by atoms with Gasteiger partial charge in [0.05, 0.1) is 54.6 Å². The summed E-state index contributed by atoms with van der Waals surface area (Å²) in [7, 11) is 0. The van der Waals surface area contributed by atoms with Crippen LogP contribution < -0.4 is 0 Å². The van der Waals surface area contributed by atoms with Crippen LogP contribution in [0.25, 0.3) is 0 Å². The van der Waals surface area contributed by atoms with Gasteiger partial charge < -0.3 is 9.47 Å². The summed E-state index contributed by atoms with van der Waals surface area (Å²) in [5.74, 6) is 0.978. The van der Waals surface area contributed by atoms with E-state index in [9.17, 15) is 4.39 Å². The summed E-state index contributed by atoms with van der Waals surface area (Å²) < 4.78 is 50.5. The summed E-state index contributed by atoms with van der Waals surface area (Å²) in [5, 5.41) is 15.1. The van der Waals surface area contributed by atoms with Crippen LogP contribution in [0.1, 0.15) is 136 Å². The van der Waals surface area contributed by atoms with Crippen molar-refractivity contribution in [2.45, 2.75) is 128 Å². The van der Waals surface area contributed by atoms with Crippen LogP contribution in [0.5, 0.6) is 0 Å². The fraction of sp³-hybridized carbons (Fsp3) is 0.447. The van der Waals surface area contributed by atoms with E-state index in [0.29, 0.717) is 49.5 Å². The monoisotopic (exact) mass is 785 g/mol. The van der Waals surface area contributed by atoms with Gasteiger partial charge in [0.2, 0.25) is 0 Å². The lowest BCUT2D eigenvalue weighted by molar-refractivity contribution is -0.0444. The van der Waals surface area contributed by atoms with E-state index in [-0.39, 0.29) is 40.7 Å². The molecular weight excluding hydrogens is 733 g/mol. The number of ether oxygens (including phenoxy) is 2. The molecule has 9 rings (SSSR count). The van der Waals surface area contributed by atoms with Gasteiger partial charge in [-0.3, -0.25) is 9.36 Å². The van der Waals surface area contributed by atoms with E-state index in [1.165, 1.54) is 6.07 Å². The van der Waals surface area contributed by atoms with Crippen LogP contribution in [0.15, 0.2) is 84.9 Å². The molecule has 4 atom stereocenters. The minimum atomic E-state index is -0.639. The second kappa shape index (κ2) is 14.4. The predicted octanol–water partition coefficient (Wildman–Crippen LogP) is 9.28. The summed E-state index contributed by atoms with van der Waals surface area (Å²) in [5.41, 5.74) is 5.85. The molecule has 3 aromatic carbocycles. The Bertz CT molecular complexity index is 2460. The number of benzene rings is 3.